The Morgan fingerprint density at radius 1 is 1.26 bits per heavy atom. The van der Waals surface area contributed by atoms with Crippen molar-refractivity contribution in [2.75, 3.05) is 6.26 Å². The quantitative estimate of drug-likeness (QED) is 0.423. The molecule has 0 spiro atoms. The lowest BCUT2D eigenvalue weighted by Crippen LogP contribution is -2.28. The third-order valence-electron chi connectivity index (χ3n) is 5.51. The molecule has 1 atom stereocenters. The van der Waals surface area contributed by atoms with E-state index in [0.717, 1.165) is 23.8 Å². The number of ketones is 1. The lowest BCUT2D eigenvalue weighted by molar-refractivity contribution is -0.385. The first kappa shape index (κ1) is 23.2. The predicted molar refractivity (Wildman–Crippen MR) is 127 cm³/mol. The maximum absolute atomic E-state index is 14.7. The molecule has 0 saturated heterocycles. The maximum atomic E-state index is 14.7. The number of aromatic nitrogens is 1. The van der Waals surface area contributed by atoms with Crippen molar-refractivity contribution in [1.29, 1.82) is 0 Å². The van der Waals surface area contributed by atoms with E-state index in [9.17, 15) is 28.3 Å². The number of carbonyl (C=O) groups is 2. The van der Waals surface area contributed by atoms with Crippen LogP contribution >= 0.6 is 0 Å². The predicted octanol–water partition coefficient (Wildman–Crippen LogP) is 3.98. The highest BCUT2D eigenvalue weighted by Crippen LogP contribution is 2.36. The Hall–Kier alpha value is -3.92. The number of aryl methyl sites for hydroxylation is 1. The molecule has 3 aromatic rings. The molecule has 10 heteroatoms. The van der Waals surface area contributed by atoms with Crippen LogP contribution in [0.5, 0.6) is 0 Å². The molecule has 1 N–H and O–H groups in total. The number of hydrogen-bond donors (Lipinski definition) is 1. The van der Waals surface area contributed by atoms with Crippen LogP contribution in [0.3, 0.4) is 0 Å². The fourth-order valence-corrected chi connectivity index (χ4v) is 4.41. The van der Waals surface area contributed by atoms with Crippen LogP contribution in [0.4, 0.5) is 10.1 Å². The van der Waals surface area contributed by atoms with E-state index in [0.29, 0.717) is 22.0 Å². The van der Waals surface area contributed by atoms with Crippen LogP contribution in [0.1, 0.15) is 33.6 Å². The molecule has 0 radical (unpaired) electrons. The van der Waals surface area contributed by atoms with Gasteiger partial charge in [0, 0.05) is 52.4 Å². The van der Waals surface area contributed by atoms with E-state index in [1.54, 1.807) is 24.3 Å². The lowest BCUT2D eigenvalue weighted by Gasteiger charge is -2.14. The summed E-state index contributed by atoms with van der Waals surface area (Å²) in [7, 11) is -1.71. The largest absolute Gasteiger partial charge is 0.331 e. The highest BCUT2D eigenvalue weighted by Gasteiger charge is 2.29. The number of allylic oxidation sites excluding steroid dienone is 4. The Morgan fingerprint density at radius 2 is 2.03 bits per heavy atom. The van der Waals surface area contributed by atoms with Gasteiger partial charge in [-0.3, -0.25) is 24.4 Å². The van der Waals surface area contributed by atoms with Crippen molar-refractivity contribution in [3.63, 3.8) is 0 Å². The second kappa shape index (κ2) is 9.14. The van der Waals surface area contributed by atoms with Crippen molar-refractivity contribution < 1.29 is 23.1 Å². The molecule has 1 heterocycles. The van der Waals surface area contributed by atoms with Crippen molar-refractivity contribution in [1.82, 2.24) is 9.29 Å². The van der Waals surface area contributed by atoms with Gasteiger partial charge in [0.1, 0.15) is 22.5 Å². The first-order valence-electron chi connectivity index (χ1n) is 10.3. The summed E-state index contributed by atoms with van der Waals surface area (Å²) >= 11 is 0. The van der Waals surface area contributed by atoms with Crippen LogP contribution in [0.2, 0.25) is 0 Å². The highest BCUT2D eigenvalue weighted by molar-refractivity contribution is 7.82. The van der Waals surface area contributed by atoms with Crippen molar-refractivity contribution >= 4 is 44.8 Å². The molecule has 1 aliphatic rings. The van der Waals surface area contributed by atoms with E-state index in [1.165, 1.54) is 10.8 Å². The number of benzene rings is 2. The molecule has 174 valence electrons. The Kier molecular flexibility index (Phi) is 6.25. The van der Waals surface area contributed by atoms with Gasteiger partial charge in [-0.25, -0.2) is 8.60 Å². The second-order valence-corrected chi connectivity index (χ2v) is 9.00. The van der Waals surface area contributed by atoms with E-state index in [4.69, 9.17) is 0 Å². The molecule has 1 amide bonds. The fourth-order valence-electron chi connectivity index (χ4n) is 4.05. The van der Waals surface area contributed by atoms with Crippen molar-refractivity contribution in [3.05, 3.63) is 92.9 Å². The van der Waals surface area contributed by atoms with E-state index < -0.39 is 27.6 Å². The Labute approximate surface area is 196 Å². The molecule has 0 saturated carbocycles. The standard InChI is InChI=1S/C24H20FN3O5S/c1-14-7-10-20-18(11-14)22(17-5-3-4-6-21(17)29)23(24(30)26-34(2)33)27(20)13-15-12-16(28(31)32)8-9-19(15)25/h3-5,7-12H,6,13H2,1-2H3,(H,26,30). The summed E-state index contributed by atoms with van der Waals surface area (Å²) in [6.45, 7) is 1.64. The van der Waals surface area contributed by atoms with E-state index in [2.05, 4.69) is 4.72 Å². The number of non-ortho nitro benzene ring substituents is 1. The normalized spacial score (nSPS) is 14.2. The third-order valence-corrected chi connectivity index (χ3v) is 5.98. The number of Topliss-reactive ketones (excluding diaryl/α,β-unsaturated/α-hetero) is 1. The number of nitro groups is 1. The molecule has 34 heavy (non-hydrogen) atoms. The minimum atomic E-state index is -1.71. The minimum Gasteiger partial charge on any atom is -0.331 e. The number of fused-ring (bicyclic) bond motifs is 1. The number of nitro benzene ring substituents is 1. The van der Waals surface area contributed by atoms with Gasteiger partial charge in [0.2, 0.25) is 0 Å². The summed E-state index contributed by atoms with van der Waals surface area (Å²) in [6, 6.07) is 8.55. The zero-order chi connectivity index (χ0) is 24.6. The first-order valence-corrected chi connectivity index (χ1v) is 11.8. The van der Waals surface area contributed by atoms with Crippen LogP contribution in [-0.4, -0.2) is 31.6 Å². The summed E-state index contributed by atoms with van der Waals surface area (Å²) in [5.74, 6) is -1.59. The first-order chi connectivity index (χ1) is 16.2. The Bertz CT molecular complexity index is 1450. The summed E-state index contributed by atoms with van der Waals surface area (Å²) < 4.78 is 30.4. The Morgan fingerprint density at radius 3 is 2.71 bits per heavy atom. The molecule has 1 aliphatic carbocycles. The fraction of sp³-hybridized carbons (Fsp3) is 0.167. The zero-order valence-electron chi connectivity index (χ0n) is 18.3. The van der Waals surface area contributed by atoms with E-state index in [-0.39, 0.29) is 35.7 Å². The maximum Gasteiger partial charge on any atom is 0.280 e. The molecular formula is C24H20FN3O5S. The molecule has 0 bridgehead atoms. The number of hydrogen-bond acceptors (Lipinski definition) is 5. The van der Waals surface area contributed by atoms with Crippen molar-refractivity contribution in [3.8, 4) is 0 Å². The monoisotopic (exact) mass is 481 g/mol. The van der Waals surface area contributed by atoms with Crippen LogP contribution in [0, 0.1) is 22.9 Å². The summed E-state index contributed by atoms with van der Waals surface area (Å²) in [5, 5.41) is 11.8. The average molecular weight is 482 g/mol. The van der Waals surface area contributed by atoms with Crippen LogP contribution in [0.25, 0.3) is 16.5 Å². The van der Waals surface area contributed by atoms with Crippen LogP contribution < -0.4 is 4.72 Å². The summed E-state index contributed by atoms with van der Waals surface area (Å²) in [6.07, 6.45) is 6.49. The number of halogens is 1. The van der Waals surface area contributed by atoms with Crippen LogP contribution in [0.15, 0.2) is 54.6 Å². The van der Waals surface area contributed by atoms with Gasteiger partial charge in [-0.2, -0.15) is 0 Å². The Balaban J connectivity index is 2.04. The number of nitrogens with zero attached hydrogens (tertiary/aromatic N) is 2. The number of rotatable bonds is 6. The topological polar surface area (TPSA) is 111 Å². The molecule has 1 unspecified atom stereocenters. The number of amides is 1. The second-order valence-electron chi connectivity index (χ2n) is 7.88. The molecule has 1 aromatic heterocycles. The molecule has 0 fully saturated rings. The number of nitrogens with one attached hydrogen (secondary N) is 1. The van der Waals surface area contributed by atoms with Gasteiger partial charge in [-0.05, 0) is 25.1 Å². The lowest BCUT2D eigenvalue weighted by atomic mass is 9.93. The molecule has 0 aliphatic heterocycles. The highest BCUT2D eigenvalue weighted by atomic mass is 32.2. The molecule has 2 aromatic carbocycles. The summed E-state index contributed by atoms with van der Waals surface area (Å²) in [4.78, 5) is 36.7. The van der Waals surface area contributed by atoms with Crippen LogP contribution in [-0.2, 0) is 22.3 Å². The van der Waals surface area contributed by atoms with Gasteiger partial charge in [0.15, 0.2) is 5.78 Å². The van der Waals surface area contributed by atoms with Crippen molar-refractivity contribution in [2.24, 2.45) is 0 Å². The average Bonchev–Trinajstić information content (AvgIpc) is 3.08. The zero-order valence-corrected chi connectivity index (χ0v) is 19.1. The van der Waals surface area contributed by atoms with Gasteiger partial charge in [-0.1, -0.05) is 29.9 Å². The summed E-state index contributed by atoms with van der Waals surface area (Å²) in [5.41, 5.74) is 1.79. The molecular weight excluding hydrogens is 461 g/mol. The van der Waals surface area contributed by atoms with Gasteiger partial charge in [-0.15, -0.1) is 0 Å². The molecule has 4 rings (SSSR count). The van der Waals surface area contributed by atoms with E-state index in [1.807, 2.05) is 19.1 Å². The minimum absolute atomic E-state index is 0.00579. The van der Waals surface area contributed by atoms with Crippen molar-refractivity contribution in [2.45, 2.75) is 19.9 Å². The third kappa shape index (κ3) is 4.32. The molecule has 8 nitrogen and oxygen atoms in total. The SMILES string of the molecule is Cc1ccc2c(c1)c(C1=CC=CCC1=O)c(C(=O)NS(C)=O)n2Cc1cc([N+](=O)[O-])ccc1F. The number of carbonyl (C=O) groups excluding carboxylic acids is 2. The smallest absolute Gasteiger partial charge is 0.280 e. The van der Waals surface area contributed by atoms with Gasteiger partial charge < -0.3 is 4.57 Å². The van der Waals surface area contributed by atoms with Gasteiger partial charge >= 0.3 is 0 Å². The van der Waals surface area contributed by atoms with E-state index >= 15 is 0 Å². The van der Waals surface area contributed by atoms with Gasteiger partial charge in [0.05, 0.1) is 11.5 Å². The van der Waals surface area contributed by atoms with Gasteiger partial charge in [0.25, 0.3) is 11.6 Å².